The number of carbonyl (C=O) groups excluding carboxylic acids is 2. The van der Waals surface area contributed by atoms with Gasteiger partial charge < -0.3 is 9.30 Å². The van der Waals surface area contributed by atoms with E-state index in [0.717, 1.165) is 44.6 Å². The highest BCUT2D eigenvalue weighted by Gasteiger charge is 2.35. The first-order valence-electron chi connectivity index (χ1n) is 12.6. The van der Waals surface area contributed by atoms with Crippen LogP contribution < -0.4 is 4.74 Å². The first-order chi connectivity index (χ1) is 19.5. The third-order valence-electron chi connectivity index (χ3n) is 6.80. The Kier molecular flexibility index (Phi) is 6.79. The molecule has 0 atom stereocenters. The zero-order valence-corrected chi connectivity index (χ0v) is 22.0. The molecule has 1 aliphatic rings. The number of ether oxygens (including phenoxy) is 1. The summed E-state index contributed by atoms with van der Waals surface area (Å²) < 4.78 is 7.99. The molecule has 1 saturated heterocycles. The number of nitro groups is 1. The van der Waals surface area contributed by atoms with E-state index in [9.17, 15) is 19.7 Å². The van der Waals surface area contributed by atoms with E-state index in [0.29, 0.717) is 17.2 Å². The van der Waals surface area contributed by atoms with Crippen LogP contribution in [0.25, 0.3) is 27.8 Å². The molecule has 198 valence electrons. The van der Waals surface area contributed by atoms with Crippen molar-refractivity contribution in [2.45, 2.75) is 6.54 Å². The Hall–Kier alpha value is -4.89. The third-order valence-corrected chi connectivity index (χ3v) is 7.71. The molecule has 0 radical (unpaired) electrons. The molecular formula is C31H23N3O5S. The quantitative estimate of drug-likeness (QED) is 0.119. The number of carbonyl (C=O) groups is 2. The maximum absolute atomic E-state index is 13.2. The number of hydrogen-bond acceptors (Lipinski definition) is 6. The fraction of sp³-hybridized carbons (Fsp3) is 0.0968. The molecule has 0 saturated carbocycles. The lowest BCUT2D eigenvalue weighted by Crippen LogP contribution is -2.32. The summed E-state index contributed by atoms with van der Waals surface area (Å²) in [7, 11) is 0. The summed E-state index contributed by atoms with van der Waals surface area (Å²) in [5.74, 6) is 0.366. The van der Waals surface area contributed by atoms with Gasteiger partial charge in [0, 0.05) is 46.7 Å². The summed E-state index contributed by atoms with van der Waals surface area (Å²) in [5.41, 5.74) is 2.72. The fourth-order valence-electron chi connectivity index (χ4n) is 4.84. The van der Waals surface area contributed by atoms with Crippen LogP contribution in [0.1, 0.15) is 11.1 Å². The summed E-state index contributed by atoms with van der Waals surface area (Å²) >= 11 is 0.921. The number of thioether (sulfide) groups is 1. The van der Waals surface area contributed by atoms with Crippen LogP contribution in [0.15, 0.2) is 102 Å². The minimum Gasteiger partial charge on any atom is -0.491 e. The first kappa shape index (κ1) is 25.4. The Morgan fingerprint density at radius 2 is 1.60 bits per heavy atom. The number of para-hydroxylation sites is 1. The van der Waals surface area contributed by atoms with Crippen LogP contribution >= 0.6 is 11.8 Å². The van der Waals surface area contributed by atoms with E-state index in [1.165, 1.54) is 17.0 Å². The minimum absolute atomic E-state index is 0.0417. The van der Waals surface area contributed by atoms with Crippen molar-refractivity contribution >= 4 is 56.3 Å². The lowest BCUT2D eigenvalue weighted by atomic mass is 10.1. The van der Waals surface area contributed by atoms with Crippen LogP contribution in [0.4, 0.5) is 10.5 Å². The maximum atomic E-state index is 13.2. The van der Waals surface area contributed by atoms with Crippen LogP contribution in [-0.2, 0) is 11.3 Å². The van der Waals surface area contributed by atoms with Gasteiger partial charge in [-0.05, 0) is 40.9 Å². The number of amides is 2. The number of nitro benzene ring substituents is 1. The molecule has 0 bridgehead atoms. The van der Waals surface area contributed by atoms with Crippen molar-refractivity contribution in [2.24, 2.45) is 0 Å². The highest BCUT2D eigenvalue weighted by atomic mass is 32.2. The van der Waals surface area contributed by atoms with Crippen LogP contribution in [0.2, 0.25) is 0 Å². The van der Waals surface area contributed by atoms with E-state index in [-0.39, 0.29) is 30.0 Å². The van der Waals surface area contributed by atoms with Gasteiger partial charge >= 0.3 is 0 Å². The van der Waals surface area contributed by atoms with E-state index in [4.69, 9.17) is 4.74 Å². The Morgan fingerprint density at radius 1 is 0.875 bits per heavy atom. The fourth-order valence-corrected chi connectivity index (χ4v) is 5.70. The van der Waals surface area contributed by atoms with Gasteiger partial charge in [-0.3, -0.25) is 24.6 Å². The zero-order valence-electron chi connectivity index (χ0n) is 21.2. The van der Waals surface area contributed by atoms with Crippen LogP contribution in [0.3, 0.4) is 0 Å². The van der Waals surface area contributed by atoms with Crippen molar-refractivity contribution in [2.75, 3.05) is 13.2 Å². The van der Waals surface area contributed by atoms with E-state index in [1.54, 1.807) is 18.2 Å². The number of fused-ring (bicyclic) bond motifs is 2. The smallest absolute Gasteiger partial charge is 0.293 e. The number of benzene rings is 4. The summed E-state index contributed by atoms with van der Waals surface area (Å²) in [6.45, 7) is 0.834. The van der Waals surface area contributed by atoms with Gasteiger partial charge in [-0.25, -0.2) is 0 Å². The lowest BCUT2D eigenvalue weighted by Gasteiger charge is -2.14. The van der Waals surface area contributed by atoms with E-state index < -0.39 is 4.92 Å². The van der Waals surface area contributed by atoms with Crippen LogP contribution in [0, 0.1) is 10.1 Å². The van der Waals surface area contributed by atoms with Crippen molar-refractivity contribution in [3.63, 3.8) is 0 Å². The van der Waals surface area contributed by atoms with E-state index in [2.05, 4.69) is 0 Å². The summed E-state index contributed by atoms with van der Waals surface area (Å²) in [4.78, 5) is 38.1. The molecule has 1 fully saturated rings. The molecule has 6 rings (SSSR count). The van der Waals surface area contributed by atoms with Gasteiger partial charge in [0.25, 0.3) is 16.8 Å². The van der Waals surface area contributed by atoms with Crippen molar-refractivity contribution in [3.8, 4) is 5.75 Å². The number of hydrogen-bond donors (Lipinski definition) is 0. The topological polar surface area (TPSA) is 94.7 Å². The molecule has 9 heteroatoms. The van der Waals surface area contributed by atoms with Gasteiger partial charge in [-0.15, -0.1) is 0 Å². The molecule has 4 aromatic carbocycles. The SMILES string of the molecule is O=C1S/C(=C\c2cn(Cc3ccc([N+](=O)[O-])cc3)c3ccccc23)C(=O)N1CCOc1cccc2ccccc12. The minimum atomic E-state index is -0.421. The lowest BCUT2D eigenvalue weighted by molar-refractivity contribution is -0.384. The highest BCUT2D eigenvalue weighted by Crippen LogP contribution is 2.34. The van der Waals surface area contributed by atoms with Gasteiger partial charge in [0.2, 0.25) is 0 Å². The number of non-ortho nitro benzene ring substituents is 1. The normalized spacial score (nSPS) is 14.5. The molecule has 1 aliphatic heterocycles. The van der Waals surface area contributed by atoms with Gasteiger partial charge in [0.15, 0.2) is 0 Å². The van der Waals surface area contributed by atoms with Gasteiger partial charge in [0.1, 0.15) is 12.4 Å². The Balaban J connectivity index is 1.19. The predicted octanol–water partition coefficient (Wildman–Crippen LogP) is 6.87. The number of aromatic nitrogens is 1. The molecule has 2 amide bonds. The molecule has 40 heavy (non-hydrogen) atoms. The Labute approximate surface area is 233 Å². The predicted molar refractivity (Wildman–Crippen MR) is 156 cm³/mol. The molecular weight excluding hydrogens is 526 g/mol. The average Bonchev–Trinajstić information content (AvgIpc) is 3.44. The molecule has 8 nitrogen and oxygen atoms in total. The van der Waals surface area contributed by atoms with Crippen LogP contribution in [-0.4, -0.2) is 38.7 Å². The molecule has 0 aliphatic carbocycles. The summed E-state index contributed by atoms with van der Waals surface area (Å²) in [6.07, 6.45) is 3.69. The monoisotopic (exact) mass is 549 g/mol. The van der Waals surface area contributed by atoms with E-state index >= 15 is 0 Å². The van der Waals surface area contributed by atoms with Crippen LogP contribution in [0.5, 0.6) is 5.75 Å². The summed E-state index contributed by atoms with van der Waals surface area (Å²) in [5, 5.41) is 13.6. The van der Waals surface area contributed by atoms with Gasteiger partial charge in [-0.1, -0.05) is 66.7 Å². The molecule has 0 N–H and O–H groups in total. The molecule has 1 aromatic heterocycles. The second-order valence-electron chi connectivity index (χ2n) is 9.31. The number of rotatable bonds is 8. The molecule has 0 spiro atoms. The van der Waals surface area contributed by atoms with Crippen molar-refractivity contribution < 1.29 is 19.2 Å². The largest absolute Gasteiger partial charge is 0.491 e. The molecule has 2 heterocycles. The maximum Gasteiger partial charge on any atom is 0.293 e. The first-order valence-corrected chi connectivity index (χ1v) is 13.5. The molecule has 5 aromatic rings. The number of imide groups is 1. The van der Waals surface area contributed by atoms with Crippen molar-refractivity contribution in [1.29, 1.82) is 0 Å². The zero-order chi connectivity index (χ0) is 27.6. The highest BCUT2D eigenvalue weighted by molar-refractivity contribution is 8.18. The third kappa shape index (κ3) is 4.94. The van der Waals surface area contributed by atoms with E-state index in [1.807, 2.05) is 77.5 Å². The van der Waals surface area contributed by atoms with Gasteiger partial charge in [0.05, 0.1) is 16.4 Å². The van der Waals surface area contributed by atoms with Gasteiger partial charge in [-0.2, -0.15) is 0 Å². The van der Waals surface area contributed by atoms with Crippen molar-refractivity contribution in [3.05, 3.63) is 123 Å². The Morgan fingerprint density at radius 3 is 2.40 bits per heavy atom. The average molecular weight is 550 g/mol. The number of nitrogens with zero attached hydrogens (tertiary/aromatic N) is 3. The second kappa shape index (κ2) is 10.7. The summed E-state index contributed by atoms with van der Waals surface area (Å²) in [6, 6.07) is 27.9. The van der Waals surface area contributed by atoms with Crippen molar-refractivity contribution in [1.82, 2.24) is 9.47 Å². The molecule has 0 unspecified atom stereocenters. The second-order valence-corrected chi connectivity index (χ2v) is 10.3. The standard InChI is InChI=1S/C31H23N3O5S/c35-30-29(40-31(36)33(30)16-17-39-28-11-5-7-22-6-1-2-9-26(22)28)18-23-20-32(27-10-4-3-8-25(23)27)19-21-12-14-24(15-13-21)34(37)38/h1-15,18,20H,16-17,19H2/b29-18-. The Bertz CT molecular complexity index is 1800.